The molecular weight excluding hydrogens is 286 g/mol. The summed E-state index contributed by atoms with van der Waals surface area (Å²) in [6.45, 7) is 4.14. The highest BCUT2D eigenvalue weighted by atomic mass is 32.1. The minimum Gasteiger partial charge on any atom is -0.497 e. The molecule has 0 saturated heterocycles. The minimum absolute atomic E-state index is 0.00599. The van der Waals surface area contributed by atoms with Gasteiger partial charge in [0.2, 0.25) is 0 Å². The number of benzene rings is 1. The van der Waals surface area contributed by atoms with Crippen molar-refractivity contribution in [2.45, 2.75) is 32.4 Å². The molecule has 0 unspecified atom stereocenters. The van der Waals surface area contributed by atoms with Gasteiger partial charge >= 0.3 is 0 Å². The Bertz CT molecular complexity index is 657. The van der Waals surface area contributed by atoms with Gasteiger partial charge in [-0.15, -0.1) is 5.10 Å². The van der Waals surface area contributed by atoms with E-state index < -0.39 is 0 Å². The first kappa shape index (κ1) is 14.0. The Morgan fingerprint density at radius 1 is 1.43 bits per heavy atom. The molecule has 1 aliphatic heterocycles. The summed E-state index contributed by atoms with van der Waals surface area (Å²) in [4.78, 5) is 15.2. The second-order valence-electron chi connectivity index (χ2n) is 5.29. The number of amides is 1. The Hall–Kier alpha value is -1.95. The van der Waals surface area contributed by atoms with Crippen LogP contribution >= 0.6 is 11.5 Å². The van der Waals surface area contributed by atoms with Gasteiger partial charge in [0.05, 0.1) is 19.3 Å². The molecule has 2 atom stereocenters. The fourth-order valence-electron chi connectivity index (χ4n) is 3.01. The summed E-state index contributed by atoms with van der Waals surface area (Å²) >= 11 is 1.14. The van der Waals surface area contributed by atoms with Crippen LogP contribution in [-0.4, -0.2) is 33.5 Å². The Kier molecular flexibility index (Phi) is 3.63. The third-order valence-corrected chi connectivity index (χ3v) is 4.67. The zero-order chi connectivity index (χ0) is 15.0. The number of fused-ring (bicyclic) bond motifs is 1. The van der Waals surface area contributed by atoms with Crippen LogP contribution in [0.3, 0.4) is 0 Å². The molecule has 0 aliphatic carbocycles. The van der Waals surface area contributed by atoms with Crippen LogP contribution in [0.2, 0.25) is 0 Å². The molecule has 0 radical (unpaired) electrons. The zero-order valence-electron chi connectivity index (χ0n) is 12.2. The van der Waals surface area contributed by atoms with Crippen LogP contribution in [0.15, 0.2) is 24.4 Å². The first-order valence-electron chi connectivity index (χ1n) is 6.88. The molecule has 6 heteroatoms. The maximum atomic E-state index is 12.6. The zero-order valence-corrected chi connectivity index (χ0v) is 13.1. The Morgan fingerprint density at radius 2 is 2.24 bits per heavy atom. The fourth-order valence-corrected chi connectivity index (χ4v) is 3.47. The van der Waals surface area contributed by atoms with Crippen molar-refractivity contribution in [3.8, 4) is 5.75 Å². The van der Waals surface area contributed by atoms with E-state index in [4.69, 9.17) is 4.74 Å². The molecule has 1 aromatic carbocycles. The molecule has 0 saturated carbocycles. The van der Waals surface area contributed by atoms with Crippen molar-refractivity contribution in [1.29, 1.82) is 0 Å². The maximum absolute atomic E-state index is 12.6. The van der Waals surface area contributed by atoms with E-state index in [1.807, 2.05) is 11.0 Å². The number of carbonyl (C=O) groups is 1. The monoisotopic (exact) mass is 303 g/mol. The number of nitrogens with zero attached hydrogens (tertiary/aromatic N) is 3. The predicted octanol–water partition coefficient (Wildman–Crippen LogP) is 2.69. The minimum atomic E-state index is 0.00599. The van der Waals surface area contributed by atoms with Gasteiger partial charge in [-0.3, -0.25) is 4.79 Å². The van der Waals surface area contributed by atoms with Gasteiger partial charge in [0.15, 0.2) is 0 Å². The average Bonchev–Trinajstić information content (AvgIpc) is 3.00. The number of hydrogen-bond acceptors (Lipinski definition) is 5. The van der Waals surface area contributed by atoms with Crippen LogP contribution in [0.5, 0.6) is 5.75 Å². The fraction of sp³-hybridized carbons (Fsp3) is 0.400. The first-order chi connectivity index (χ1) is 10.1. The molecule has 2 heterocycles. The summed E-state index contributed by atoms with van der Waals surface area (Å²) in [7, 11) is 1.67. The maximum Gasteiger partial charge on any atom is 0.267 e. The standard InChI is InChI=1S/C15H17N3O2S/c1-9-6-11-7-12(20-3)4-5-13(11)10(2)18(9)15(19)14-8-16-17-21-14/h4-5,7-10H,6H2,1-3H3/t9-,10-/m1/s1. The molecule has 5 nitrogen and oxygen atoms in total. The van der Waals surface area contributed by atoms with Crippen molar-refractivity contribution in [1.82, 2.24) is 14.5 Å². The van der Waals surface area contributed by atoms with Crippen LogP contribution in [0, 0.1) is 0 Å². The molecule has 0 N–H and O–H groups in total. The second-order valence-corrected chi connectivity index (χ2v) is 6.07. The second kappa shape index (κ2) is 5.44. The topological polar surface area (TPSA) is 55.3 Å². The van der Waals surface area contributed by atoms with E-state index in [-0.39, 0.29) is 18.0 Å². The summed E-state index contributed by atoms with van der Waals surface area (Å²) < 4.78 is 9.07. The van der Waals surface area contributed by atoms with E-state index in [1.54, 1.807) is 7.11 Å². The summed E-state index contributed by atoms with van der Waals surface area (Å²) in [6.07, 6.45) is 2.37. The largest absolute Gasteiger partial charge is 0.497 e. The van der Waals surface area contributed by atoms with Gasteiger partial charge < -0.3 is 9.64 Å². The smallest absolute Gasteiger partial charge is 0.267 e. The quantitative estimate of drug-likeness (QED) is 0.856. The van der Waals surface area contributed by atoms with Gasteiger partial charge in [0.1, 0.15) is 10.6 Å². The highest BCUT2D eigenvalue weighted by molar-refractivity contribution is 7.07. The van der Waals surface area contributed by atoms with Crippen molar-refractivity contribution in [3.63, 3.8) is 0 Å². The Balaban J connectivity index is 1.96. The first-order valence-corrected chi connectivity index (χ1v) is 7.66. The summed E-state index contributed by atoms with van der Waals surface area (Å²) in [5.74, 6) is 0.867. The van der Waals surface area contributed by atoms with E-state index in [0.717, 1.165) is 23.7 Å². The van der Waals surface area contributed by atoms with Crippen molar-refractivity contribution in [2.24, 2.45) is 0 Å². The molecule has 110 valence electrons. The van der Waals surface area contributed by atoms with E-state index in [0.29, 0.717) is 4.88 Å². The molecule has 21 heavy (non-hydrogen) atoms. The van der Waals surface area contributed by atoms with Crippen molar-refractivity contribution < 1.29 is 9.53 Å². The number of hydrogen-bond donors (Lipinski definition) is 0. The molecule has 2 aromatic rings. The Labute approximate surface area is 127 Å². The molecule has 0 spiro atoms. The van der Waals surface area contributed by atoms with Gasteiger partial charge in [-0.2, -0.15) is 0 Å². The van der Waals surface area contributed by atoms with Gasteiger partial charge in [0.25, 0.3) is 5.91 Å². The molecule has 1 aromatic heterocycles. The van der Waals surface area contributed by atoms with Crippen LogP contribution < -0.4 is 4.74 Å². The van der Waals surface area contributed by atoms with E-state index in [9.17, 15) is 4.79 Å². The lowest BCUT2D eigenvalue weighted by Gasteiger charge is -2.40. The lowest BCUT2D eigenvalue weighted by atomic mass is 9.89. The molecule has 1 amide bonds. The summed E-state index contributed by atoms with van der Waals surface area (Å²) in [5.41, 5.74) is 2.43. The van der Waals surface area contributed by atoms with Crippen molar-refractivity contribution >= 4 is 17.4 Å². The number of ether oxygens (including phenoxy) is 1. The van der Waals surface area contributed by atoms with Crippen LogP contribution in [0.1, 0.15) is 40.7 Å². The van der Waals surface area contributed by atoms with Crippen molar-refractivity contribution in [3.05, 3.63) is 40.4 Å². The SMILES string of the molecule is COc1ccc2c(c1)C[C@@H](C)N(C(=O)c1cnns1)[C@@H]2C. The lowest BCUT2D eigenvalue weighted by molar-refractivity contribution is 0.0585. The van der Waals surface area contributed by atoms with E-state index in [1.165, 1.54) is 17.3 Å². The van der Waals surface area contributed by atoms with E-state index in [2.05, 4.69) is 35.6 Å². The molecule has 1 aliphatic rings. The van der Waals surface area contributed by atoms with E-state index >= 15 is 0 Å². The number of rotatable bonds is 2. The number of methoxy groups -OCH3 is 1. The van der Waals surface area contributed by atoms with Crippen molar-refractivity contribution in [2.75, 3.05) is 7.11 Å². The number of carbonyl (C=O) groups excluding carboxylic acids is 1. The molecule has 0 fully saturated rings. The van der Waals surface area contributed by atoms with Gasteiger partial charge in [-0.25, -0.2) is 0 Å². The highest BCUT2D eigenvalue weighted by Gasteiger charge is 2.34. The number of aromatic nitrogens is 2. The normalized spacial score (nSPS) is 21.0. The summed E-state index contributed by atoms with van der Waals surface area (Å²) in [5, 5.41) is 3.76. The van der Waals surface area contributed by atoms with Gasteiger partial charge in [0, 0.05) is 6.04 Å². The van der Waals surface area contributed by atoms with Gasteiger partial charge in [-0.05, 0) is 55.1 Å². The van der Waals surface area contributed by atoms with Crippen LogP contribution in [0.25, 0.3) is 0 Å². The summed E-state index contributed by atoms with van der Waals surface area (Å²) in [6, 6.07) is 6.23. The third-order valence-electron chi connectivity index (χ3n) is 4.01. The highest BCUT2D eigenvalue weighted by Crippen LogP contribution is 2.35. The molecule has 0 bridgehead atoms. The third kappa shape index (κ3) is 2.40. The Morgan fingerprint density at radius 3 is 2.90 bits per heavy atom. The predicted molar refractivity (Wildman–Crippen MR) is 80.7 cm³/mol. The average molecular weight is 303 g/mol. The molecule has 3 rings (SSSR count). The lowest BCUT2D eigenvalue weighted by Crippen LogP contribution is -2.44. The molecular formula is C15H17N3O2S. The van der Waals surface area contributed by atoms with Gasteiger partial charge in [-0.1, -0.05) is 10.6 Å². The van der Waals surface area contributed by atoms with Crippen LogP contribution in [0.4, 0.5) is 0 Å². The van der Waals surface area contributed by atoms with Crippen LogP contribution in [-0.2, 0) is 6.42 Å².